The predicted octanol–water partition coefficient (Wildman–Crippen LogP) is 8.81. The van der Waals surface area contributed by atoms with E-state index in [9.17, 15) is 18.0 Å². The molecule has 0 unspecified atom stereocenters. The van der Waals surface area contributed by atoms with Crippen molar-refractivity contribution in [2.24, 2.45) is 28.3 Å². The fourth-order valence-corrected chi connectivity index (χ4v) is 0.498. The van der Waals surface area contributed by atoms with E-state index in [1.54, 1.807) is 20.8 Å². The third-order valence-corrected chi connectivity index (χ3v) is 4.39. The van der Waals surface area contributed by atoms with Crippen LogP contribution >= 0.6 is 0 Å². The molecular weight excluding hydrogens is 548 g/mol. The summed E-state index contributed by atoms with van der Waals surface area (Å²) < 4.78 is 20.0. The lowest BCUT2D eigenvalue weighted by Crippen LogP contribution is -2.18. The molecule has 0 aliphatic heterocycles. The van der Waals surface area contributed by atoms with Gasteiger partial charge in [-0.15, -0.1) is 0 Å². The lowest BCUT2D eigenvalue weighted by atomic mass is 10.2. The molecule has 0 bridgehead atoms. The average Bonchev–Trinajstić information content (AvgIpc) is 2.86. The van der Waals surface area contributed by atoms with Gasteiger partial charge in [-0.25, -0.2) is 8.42 Å². The van der Waals surface area contributed by atoms with Crippen molar-refractivity contribution in [1.29, 1.82) is 0 Å². The Morgan fingerprint density at radius 3 is 0.905 bits per heavy atom. The van der Waals surface area contributed by atoms with Gasteiger partial charge in [0.15, 0.2) is 0 Å². The maximum Gasteiger partial charge on any atom is 0.217 e. The van der Waals surface area contributed by atoms with Gasteiger partial charge in [0.1, 0.15) is 9.84 Å². The van der Waals surface area contributed by atoms with E-state index < -0.39 is 9.84 Å². The zero-order valence-corrected chi connectivity index (χ0v) is 33.0. The number of rotatable bonds is 6. The van der Waals surface area contributed by atoms with E-state index in [4.69, 9.17) is 5.73 Å². The number of amides is 2. The molecule has 42 heavy (non-hydrogen) atoms. The van der Waals surface area contributed by atoms with Gasteiger partial charge < -0.3 is 16.8 Å². The minimum Gasteiger partial charge on any atom is -0.388 e. The van der Waals surface area contributed by atoms with Crippen molar-refractivity contribution in [3.8, 4) is 0 Å². The average molecular weight is 631 g/mol. The first-order valence-electron chi connectivity index (χ1n) is 16.1. The summed E-state index contributed by atoms with van der Waals surface area (Å²) >= 11 is 0. The molecule has 2 amide bonds. The molecule has 0 rings (SSSR count). The maximum absolute atomic E-state index is 10.0. The van der Waals surface area contributed by atoms with Crippen molar-refractivity contribution in [3.63, 3.8) is 0 Å². The SMILES string of the molecule is CCC.CCC.CCC.CCC(C)C.CCC(C)C.CCC(N)=O.CCN=C(C)N.CCNC(C)=O.CCS(C)(=O)=O. The molecule has 0 saturated carbocycles. The molecule has 0 atom stereocenters. The van der Waals surface area contributed by atoms with Crippen LogP contribution in [0.25, 0.3) is 0 Å². The Hall–Kier alpha value is -1.64. The molecule has 0 aliphatic rings. The van der Waals surface area contributed by atoms with Crippen LogP contribution in [-0.4, -0.2) is 51.2 Å². The van der Waals surface area contributed by atoms with Crippen molar-refractivity contribution < 1.29 is 18.0 Å². The summed E-state index contributed by atoms with van der Waals surface area (Å²) in [6.07, 6.45) is 8.02. The number of nitrogens with zero attached hydrogens (tertiary/aromatic N) is 1. The van der Waals surface area contributed by atoms with Crippen LogP contribution in [0.15, 0.2) is 4.99 Å². The molecular formula is C33H82N4O4S. The highest BCUT2D eigenvalue weighted by Crippen LogP contribution is 1.94. The molecule has 0 fully saturated rings. The lowest BCUT2D eigenvalue weighted by molar-refractivity contribution is -0.119. The topological polar surface area (TPSA) is 145 Å². The molecule has 0 spiro atoms. The van der Waals surface area contributed by atoms with Gasteiger partial charge in [0.2, 0.25) is 11.8 Å². The standard InChI is InChI=1S/2C5H12.C4H10N2.C4H9NO.C3H7NO.C3H8O2S.3C3H8/c2*1-4-5(2)3;1-3-6-4(2)5;1-3-5-4(2)6;1-2-3(4)5;1-3-6(2,4)5;3*1-3-2/h2*5H,4H2,1-3H3;3H2,1-2H3,(H2,5,6);3H2,1-2H3,(H,5,6);2H2,1H3,(H2,4,5);3H2,1-2H3;3*3H2,1-2H3. The summed E-state index contributed by atoms with van der Waals surface area (Å²) in [5.74, 6) is 2.47. The molecule has 0 aliphatic carbocycles. The molecule has 0 radical (unpaired) electrons. The molecule has 0 aromatic rings. The van der Waals surface area contributed by atoms with E-state index >= 15 is 0 Å². The number of hydrogen-bond acceptors (Lipinski definition) is 5. The summed E-state index contributed by atoms with van der Waals surface area (Å²) in [7, 11) is -2.66. The highest BCUT2D eigenvalue weighted by molar-refractivity contribution is 7.90. The minimum absolute atomic E-state index is 0.0394. The highest BCUT2D eigenvalue weighted by Gasteiger charge is 1.90. The molecule has 264 valence electrons. The van der Waals surface area contributed by atoms with Crippen molar-refractivity contribution in [1.82, 2.24) is 5.32 Å². The lowest BCUT2D eigenvalue weighted by Gasteiger charge is -1.90. The van der Waals surface area contributed by atoms with Crippen molar-refractivity contribution >= 4 is 27.5 Å². The van der Waals surface area contributed by atoms with E-state index in [0.29, 0.717) is 12.3 Å². The number of nitrogens with two attached hydrogens (primary N) is 2. The van der Waals surface area contributed by atoms with Gasteiger partial charge in [-0.2, -0.15) is 0 Å². The highest BCUT2D eigenvalue weighted by atomic mass is 32.2. The molecule has 0 aromatic carbocycles. The molecule has 0 heterocycles. The van der Waals surface area contributed by atoms with E-state index in [1.807, 2.05) is 13.8 Å². The molecule has 0 aromatic heterocycles. The summed E-state index contributed by atoms with van der Waals surface area (Å²) in [6, 6.07) is 0. The van der Waals surface area contributed by atoms with Gasteiger partial charge in [0, 0.05) is 38.4 Å². The van der Waals surface area contributed by atoms with Crippen LogP contribution in [0.1, 0.15) is 163 Å². The predicted molar refractivity (Wildman–Crippen MR) is 195 cm³/mol. The molecule has 0 saturated heterocycles. The first-order valence-corrected chi connectivity index (χ1v) is 18.2. The van der Waals surface area contributed by atoms with Gasteiger partial charge in [0.25, 0.3) is 0 Å². The van der Waals surface area contributed by atoms with Crippen molar-refractivity contribution in [2.75, 3.05) is 25.1 Å². The number of amidine groups is 1. The van der Waals surface area contributed by atoms with E-state index in [-0.39, 0.29) is 17.6 Å². The van der Waals surface area contributed by atoms with Crippen LogP contribution in [-0.2, 0) is 19.4 Å². The van der Waals surface area contributed by atoms with Crippen molar-refractivity contribution in [3.05, 3.63) is 0 Å². The molecule has 8 nitrogen and oxygen atoms in total. The van der Waals surface area contributed by atoms with Gasteiger partial charge in [-0.1, -0.05) is 129 Å². The third kappa shape index (κ3) is 300. The fourth-order valence-electron chi connectivity index (χ4n) is 0.498. The van der Waals surface area contributed by atoms with Gasteiger partial charge in [-0.05, 0) is 32.6 Å². The fraction of sp³-hybridized carbons (Fsp3) is 0.909. The number of carbonyl (C=O) groups excluding carboxylic acids is 2. The monoisotopic (exact) mass is 631 g/mol. The summed E-state index contributed by atoms with van der Waals surface area (Å²) in [6.45, 7) is 38.0. The van der Waals surface area contributed by atoms with Gasteiger partial charge in [0.05, 0.1) is 5.84 Å². The summed E-state index contributed by atoms with van der Waals surface area (Å²) in [5.41, 5.74) is 9.81. The van der Waals surface area contributed by atoms with Crippen LogP contribution < -0.4 is 16.8 Å². The van der Waals surface area contributed by atoms with Crippen LogP contribution in [0.2, 0.25) is 0 Å². The second-order valence-electron chi connectivity index (χ2n) is 9.96. The Bertz CT molecular complexity index is 562. The summed E-state index contributed by atoms with van der Waals surface area (Å²) in [4.78, 5) is 23.3. The summed E-state index contributed by atoms with van der Waals surface area (Å²) in [5, 5.41) is 2.57. The minimum atomic E-state index is -2.66. The largest absolute Gasteiger partial charge is 0.388 e. The second kappa shape index (κ2) is 62.8. The Morgan fingerprint density at radius 1 is 0.690 bits per heavy atom. The van der Waals surface area contributed by atoms with E-state index in [2.05, 4.69) is 99.1 Å². The Labute approximate surface area is 267 Å². The normalized spacial score (nSPS) is 8.93. The number of carbonyl (C=O) groups is 2. The van der Waals surface area contributed by atoms with Gasteiger partial charge >= 0.3 is 0 Å². The smallest absolute Gasteiger partial charge is 0.217 e. The number of primary amides is 1. The molecule has 5 N–H and O–H groups in total. The first kappa shape index (κ1) is 63.6. The quantitative estimate of drug-likeness (QED) is 0.198. The van der Waals surface area contributed by atoms with Crippen molar-refractivity contribution in [2.45, 2.75) is 163 Å². The van der Waals surface area contributed by atoms with E-state index in [0.717, 1.165) is 24.9 Å². The van der Waals surface area contributed by atoms with Crippen LogP contribution in [0, 0.1) is 11.8 Å². The van der Waals surface area contributed by atoms with E-state index in [1.165, 1.54) is 45.3 Å². The zero-order chi connectivity index (χ0) is 36.2. The number of nitrogens with one attached hydrogen (secondary N) is 1. The van der Waals surface area contributed by atoms with Crippen LogP contribution in [0.3, 0.4) is 0 Å². The number of sulfone groups is 1. The van der Waals surface area contributed by atoms with Crippen LogP contribution in [0.5, 0.6) is 0 Å². The Balaban J connectivity index is -0.0000000422. The Morgan fingerprint density at radius 2 is 0.905 bits per heavy atom. The van der Waals surface area contributed by atoms with Gasteiger partial charge in [-0.3, -0.25) is 14.6 Å². The zero-order valence-electron chi connectivity index (χ0n) is 32.2. The third-order valence-electron chi connectivity index (χ3n) is 3.34. The number of aliphatic imine (C=N–C) groups is 1. The first-order chi connectivity index (χ1) is 19.2. The van der Waals surface area contributed by atoms with Crippen LogP contribution in [0.4, 0.5) is 0 Å². The Kier molecular flexibility index (Phi) is 95.1. The second-order valence-corrected chi connectivity index (χ2v) is 12.4. The number of hydrogen-bond donors (Lipinski definition) is 3. The maximum atomic E-state index is 10.0. The molecule has 9 heteroatoms.